The second kappa shape index (κ2) is 8.03. The molecular weight excluding hydrogens is 325 g/mol. The summed E-state index contributed by atoms with van der Waals surface area (Å²) in [5.74, 6) is 2.32. The summed E-state index contributed by atoms with van der Waals surface area (Å²) >= 11 is 0. The molecule has 2 aliphatic rings. The minimum atomic E-state index is -0.173. The summed E-state index contributed by atoms with van der Waals surface area (Å²) < 4.78 is 11.8. The van der Waals surface area contributed by atoms with Crippen molar-refractivity contribution >= 4 is 0 Å². The molecule has 0 bridgehead atoms. The van der Waals surface area contributed by atoms with E-state index < -0.39 is 0 Å². The van der Waals surface area contributed by atoms with Crippen LogP contribution in [-0.4, -0.2) is 13.2 Å². The Bertz CT molecular complexity index is 379. The summed E-state index contributed by atoms with van der Waals surface area (Å²) in [7, 11) is 0. The number of hydrogen-bond donors (Lipinski definition) is 0. The summed E-state index contributed by atoms with van der Waals surface area (Å²) in [6, 6.07) is 10.9. The topological polar surface area (TPSA) is 18.5 Å². The molecule has 0 radical (unpaired) electrons. The van der Waals surface area contributed by atoms with Gasteiger partial charge >= 0.3 is 32.7 Å². The third kappa shape index (κ3) is 4.13. The Morgan fingerprint density at radius 2 is 1.55 bits per heavy atom. The molecular formula is C17H23O2Y+2. The van der Waals surface area contributed by atoms with Crippen molar-refractivity contribution in [2.24, 2.45) is 17.8 Å². The molecule has 0 aromatic heterocycles. The standard InChI is InChI=1S/C17H23O2.Y/c1-13-7-9-14(10-8-13)16-11-18-17(19-12-16)15-5-3-2-4-6-15;/h3-6,13-14,16-17H,7-12H2,1H3;/q-1;+3. The maximum absolute atomic E-state index is 5.92. The number of benzene rings is 1. The monoisotopic (exact) mass is 348 g/mol. The average molecular weight is 348 g/mol. The molecule has 104 valence electrons. The fourth-order valence-corrected chi connectivity index (χ4v) is 3.30. The normalized spacial score (nSPS) is 34.2. The predicted octanol–water partition coefficient (Wildman–Crippen LogP) is 3.97. The molecule has 1 heterocycles. The minimum absolute atomic E-state index is 0. The Hall–Kier alpha value is 0.244. The Balaban J connectivity index is 0.00000147. The van der Waals surface area contributed by atoms with Crippen molar-refractivity contribution in [2.45, 2.75) is 38.9 Å². The van der Waals surface area contributed by atoms with Crippen LogP contribution in [0.5, 0.6) is 0 Å². The molecule has 1 aromatic rings. The first-order valence-corrected chi connectivity index (χ1v) is 7.52. The number of rotatable bonds is 2. The van der Waals surface area contributed by atoms with Crippen molar-refractivity contribution in [1.82, 2.24) is 0 Å². The molecule has 20 heavy (non-hydrogen) atoms. The van der Waals surface area contributed by atoms with Crippen LogP contribution >= 0.6 is 0 Å². The van der Waals surface area contributed by atoms with Crippen LogP contribution in [0.1, 0.15) is 44.5 Å². The molecule has 2 nitrogen and oxygen atoms in total. The van der Waals surface area contributed by atoms with Crippen molar-refractivity contribution in [3.8, 4) is 0 Å². The average Bonchev–Trinajstić information content (AvgIpc) is 2.49. The SMILES string of the molecule is CC1CCC(C2COC(c3cc[c-]cc3)OC2)CC1.[Y+3]. The van der Waals surface area contributed by atoms with Crippen LogP contribution in [0.15, 0.2) is 24.3 Å². The van der Waals surface area contributed by atoms with Crippen LogP contribution in [0.25, 0.3) is 0 Å². The summed E-state index contributed by atoms with van der Waals surface area (Å²) in [6.07, 6.45) is 5.28. The van der Waals surface area contributed by atoms with E-state index in [2.05, 4.69) is 13.0 Å². The van der Waals surface area contributed by atoms with Gasteiger partial charge in [0.1, 0.15) is 0 Å². The van der Waals surface area contributed by atoms with Crippen LogP contribution in [0, 0.1) is 23.8 Å². The quantitative estimate of drug-likeness (QED) is 0.753. The molecule has 1 aromatic carbocycles. The molecule has 2 fully saturated rings. The summed E-state index contributed by atoms with van der Waals surface area (Å²) in [6.45, 7) is 4.07. The third-order valence-electron chi connectivity index (χ3n) is 4.67. The zero-order valence-corrected chi connectivity index (χ0v) is 15.1. The van der Waals surface area contributed by atoms with Gasteiger partial charge in [-0.2, -0.15) is 30.3 Å². The number of ether oxygens (including phenoxy) is 2. The van der Waals surface area contributed by atoms with Gasteiger partial charge in [0.05, 0.1) is 13.2 Å². The fourth-order valence-electron chi connectivity index (χ4n) is 3.30. The summed E-state index contributed by atoms with van der Waals surface area (Å²) in [5, 5.41) is 0. The van der Waals surface area contributed by atoms with Crippen LogP contribution < -0.4 is 0 Å². The van der Waals surface area contributed by atoms with Gasteiger partial charge in [0.15, 0.2) is 6.29 Å². The molecule has 1 aliphatic carbocycles. The van der Waals surface area contributed by atoms with E-state index in [4.69, 9.17) is 9.47 Å². The van der Waals surface area contributed by atoms with Crippen molar-refractivity contribution < 1.29 is 42.2 Å². The largest absolute Gasteiger partial charge is 3.00 e. The molecule has 3 rings (SSSR count). The fraction of sp³-hybridized carbons (Fsp3) is 0.647. The maximum atomic E-state index is 5.92. The molecule has 1 saturated heterocycles. The van der Waals surface area contributed by atoms with E-state index >= 15 is 0 Å². The second-order valence-corrected chi connectivity index (χ2v) is 6.11. The first kappa shape index (κ1) is 16.6. The molecule has 0 N–H and O–H groups in total. The van der Waals surface area contributed by atoms with Crippen LogP contribution in [0.2, 0.25) is 0 Å². The van der Waals surface area contributed by atoms with Gasteiger partial charge in [-0.25, -0.2) is 0 Å². The smallest absolute Gasteiger partial charge is 0.350 e. The molecule has 1 saturated carbocycles. The first-order chi connectivity index (χ1) is 9.33. The second-order valence-electron chi connectivity index (χ2n) is 6.11. The Morgan fingerprint density at radius 1 is 0.950 bits per heavy atom. The summed E-state index contributed by atoms with van der Waals surface area (Å²) in [5.41, 5.74) is 1.11. The molecule has 0 atom stereocenters. The Morgan fingerprint density at radius 3 is 2.15 bits per heavy atom. The Kier molecular flexibility index (Phi) is 6.67. The first-order valence-electron chi connectivity index (χ1n) is 7.52. The molecule has 1 aliphatic heterocycles. The van der Waals surface area contributed by atoms with Gasteiger partial charge in [0.25, 0.3) is 0 Å². The molecule has 0 amide bonds. The van der Waals surface area contributed by atoms with E-state index in [1.165, 1.54) is 25.7 Å². The van der Waals surface area contributed by atoms with E-state index in [1.807, 2.05) is 24.3 Å². The third-order valence-corrected chi connectivity index (χ3v) is 4.67. The van der Waals surface area contributed by atoms with E-state index in [0.29, 0.717) is 5.92 Å². The van der Waals surface area contributed by atoms with E-state index in [-0.39, 0.29) is 39.0 Å². The van der Waals surface area contributed by atoms with Crippen molar-refractivity contribution in [3.05, 3.63) is 35.9 Å². The van der Waals surface area contributed by atoms with Gasteiger partial charge in [-0.15, -0.1) is 5.56 Å². The van der Waals surface area contributed by atoms with Crippen molar-refractivity contribution in [3.63, 3.8) is 0 Å². The van der Waals surface area contributed by atoms with Gasteiger partial charge < -0.3 is 9.47 Å². The van der Waals surface area contributed by atoms with Crippen LogP contribution in [0.3, 0.4) is 0 Å². The van der Waals surface area contributed by atoms with Gasteiger partial charge in [-0.3, -0.25) is 0 Å². The maximum Gasteiger partial charge on any atom is 3.00 e. The molecule has 0 unspecified atom stereocenters. The Labute approximate surface area is 147 Å². The van der Waals surface area contributed by atoms with E-state index in [0.717, 1.165) is 30.6 Å². The van der Waals surface area contributed by atoms with E-state index in [1.54, 1.807) is 0 Å². The van der Waals surface area contributed by atoms with Crippen LogP contribution in [-0.2, 0) is 42.2 Å². The minimum Gasteiger partial charge on any atom is -0.350 e. The zero-order valence-electron chi connectivity index (χ0n) is 12.3. The van der Waals surface area contributed by atoms with Gasteiger partial charge in [-0.05, 0) is 24.7 Å². The van der Waals surface area contributed by atoms with E-state index in [9.17, 15) is 0 Å². The summed E-state index contributed by atoms with van der Waals surface area (Å²) in [4.78, 5) is 0. The molecule has 0 spiro atoms. The van der Waals surface area contributed by atoms with Crippen molar-refractivity contribution in [2.75, 3.05) is 13.2 Å². The zero-order chi connectivity index (χ0) is 13.1. The number of hydrogen-bond acceptors (Lipinski definition) is 2. The van der Waals surface area contributed by atoms with Gasteiger partial charge in [0, 0.05) is 5.92 Å². The predicted molar refractivity (Wildman–Crippen MR) is 74.5 cm³/mol. The van der Waals surface area contributed by atoms with Crippen LogP contribution in [0.4, 0.5) is 0 Å². The van der Waals surface area contributed by atoms with Crippen molar-refractivity contribution in [1.29, 1.82) is 0 Å². The van der Waals surface area contributed by atoms with Gasteiger partial charge in [0.2, 0.25) is 0 Å². The van der Waals surface area contributed by atoms with Gasteiger partial charge in [-0.1, -0.05) is 19.8 Å². The molecule has 3 heteroatoms.